The van der Waals surface area contributed by atoms with Gasteiger partial charge in [-0.1, -0.05) is 36.4 Å². The number of hydrogen-bond donors (Lipinski definition) is 1. The summed E-state index contributed by atoms with van der Waals surface area (Å²) in [5.74, 6) is 1.48. The molecule has 1 fully saturated rings. The molecule has 5 heteroatoms. The molecule has 2 heterocycles. The molecule has 0 spiro atoms. The lowest BCUT2D eigenvalue weighted by atomic mass is 9.91. The van der Waals surface area contributed by atoms with Crippen LogP contribution in [0.25, 0.3) is 0 Å². The molecule has 2 aromatic carbocycles. The fourth-order valence-corrected chi connectivity index (χ4v) is 4.05. The van der Waals surface area contributed by atoms with E-state index in [0.717, 1.165) is 49.4 Å². The van der Waals surface area contributed by atoms with Crippen LogP contribution in [0.2, 0.25) is 0 Å². The number of anilines is 1. The number of carbonyl (C=O) groups excluding carboxylic acids is 2. The number of rotatable bonds is 5. The van der Waals surface area contributed by atoms with Gasteiger partial charge in [0.2, 0.25) is 5.91 Å². The maximum atomic E-state index is 12.8. The highest BCUT2D eigenvalue weighted by Gasteiger charge is 2.33. The molecule has 1 unspecified atom stereocenters. The molecule has 2 aromatic rings. The average Bonchev–Trinajstić information content (AvgIpc) is 3.17. The second-order valence-corrected chi connectivity index (χ2v) is 7.64. The van der Waals surface area contributed by atoms with Gasteiger partial charge >= 0.3 is 0 Å². The van der Waals surface area contributed by atoms with E-state index in [1.807, 2.05) is 59.5 Å². The first-order chi connectivity index (χ1) is 13.7. The molecule has 0 aromatic heterocycles. The van der Waals surface area contributed by atoms with Crippen LogP contribution in [-0.2, 0) is 16.0 Å². The molecule has 2 aliphatic rings. The number of fused-ring (bicyclic) bond motifs is 1. The molecule has 2 amide bonds. The Morgan fingerprint density at radius 1 is 1.00 bits per heavy atom. The van der Waals surface area contributed by atoms with Crippen LogP contribution in [0.5, 0.6) is 5.75 Å². The van der Waals surface area contributed by atoms with E-state index < -0.39 is 0 Å². The second-order valence-electron chi connectivity index (χ2n) is 7.64. The fraction of sp³-hybridized carbons (Fsp3) is 0.391. The van der Waals surface area contributed by atoms with E-state index in [1.54, 1.807) is 0 Å². The lowest BCUT2D eigenvalue weighted by molar-refractivity contribution is -0.139. The minimum atomic E-state index is -0.384. The largest absolute Gasteiger partial charge is 0.480 e. The highest BCUT2D eigenvalue weighted by Crippen LogP contribution is 2.30. The highest BCUT2D eigenvalue weighted by molar-refractivity contribution is 5.90. The van der Waals surface area contributed by atoms with Crippen molar-refractivity contribution in [1.82, 2.24) is 4.90 Å². The smallest absolute Gasteiger partial charge is 0.263 e. The van der Waals surface area contributed by atoms with Crippen molar-refractivity contribution in [3.63, 3.8) is 0 Å². The number of amides is 2. The topological polar surface area (TPSA) is 58.6 Å². The van der Waals surface area contributed by atoms with Crippen molar-refractivity contribution < 1.29 is 14.3 Å². The van der Waals surface area contributed by atoms with Gasteiger partial charge in [0.15, 0.2) is 6.10 Å². The Morgan fingerprint density at radius 2 is 1.71 bits per heavy atom. The Morgan fingerprint density at radius 3 is 2.46 bits per heavy atom. The third kappa shape index (κ3) is 4.35. The minimum absolute atomic E-state index is 0.0572. The summed E-state index contributed by atoms with van der Waals surface area (Å²) in [7, 11) is 0. The summed E-state index contributed by atoms with van der Waals surface area (Å²) >= 11 is 0. The zero-order valence-corrected chi connectivity index (χ0v) is 16.0. The predicted octanol–water partition coefficient (Wildman–Crippen LogP) is 3.65. The van der Waals surface area contributed by atoms with Crippen molar-refractivity contribution in [2.75, 3.05) is 18.4 Å². The quantitative estimate of drug-likeness (QED) is 0.864. The molecule has 1 atom stereocenters. The molecular weight excluding hydrogens is 352 g/mol. The first-order valence-corrected chi connectivity index (χ1v) is 10.1. The van der Waals surface area contributed by atoms with Gasteiger partial charge in [0.25, 0.3) is 5.91 Å². The van der Waals surface area contributed by atoms with E-state index >= 15 is 0 Å². The minimum Gasteiger partial charge on any atom is -0.480 e. The van der Waals surface area contributed by atoms with Crippen LogP contribution in [0.3, 0.4) is 0 Å². The lowest BCUT2D eigenvalue weighted by Crippen LogP contribution is -2.45. The third-order valence-corrected chi connectivity index (χ3v) is 5.69. The molecule has 0 saturated carbocycles. The van der Waals surface area contributed by atoms with Gasteiger partial charge in [-0.05, 0) is 48.9 Å². The molecule has 1 saturated heterocycles. The number of para-hydroxylation sites is 2. The number of benzene rings is 2. The van der Waals surface area contributed by atoms with Crippen LogP contribution in [0.1, 0.15) is 31.2 Å². The van der Waals surface area contributed by atoms with Gasteiger partial charge in [-0.25, -0.2) is 0 Å². The Hall–Kier alpha value is -2.82. The number of likely N-dealkylation sites (tertiary alicyclic amines) is 1. The van der Waals surface area contributed by atoms with Gasteiger partial charge in [0, 0.05) is 31.6 Å². The summed E-state index contributed by atoms with van der Waals surface area (Å²) < 4.78 is 5.84. The van der Waals surface area contributed by atoms with Gasteiger partial charge in [-0.15, -0.1) is 0 Å². The van der Waals surface area contributed by atoms with Crippen LogP contribution in [0.15, 0.2) is 54.6 Å². The maximum absolute atomic E-state index is 12.8. The molecule has 2 aliphatic heterocycles. The van der Waals surface area contributed by atoms with Crippen LogP contribution in [0.4, 0.5) is 5.69 Å². The van der Waals surface area contributed by atoms with E-state index in [1.165, 1.54) is 0 Å². The first-order valence-electron chi connectivity index (χ1n) is 10.1. The summed E-state index contributed by atoms with van der Waals surface area (Å²) in [6, 6.07) is 17.4. The van der Waals surface area contributed by atoms with Crippen molar-refractivity contribution in [2.45, 2.75) is 38.2 Å². The zero-order valence-electron chi connectivity index (χ0n) is 16.0. The number of ether oxygens (including phenoxy) is 1. The molecule has 5 nitrogen and oxygen atoms in total. The summed E-state index contributed by atoms with van der Waals surface area (Å²) in [4.78, 5) is 26.8. The van der Waals surface area contributed by atoms with Crippen LogP contribution < -0.4 is 10.1 Å². The molecular formula is C23H26N2O3. The number of nitrogens with zero attached hydrogens (tertiary/aromatic N) is 1. The molecule has 1 N–H and O–H groups in total. The monoisotopic (exact) mass is 378 g/mol. The summed E-state index contributed by atoms with van der Waals surface area (Å²) in [6.07, 6.45) is 3.56. The van der Waals surface area contributed by atoms with Crippen molar-refractivity contribution in [1.29, 1.82) is 0 Å². The average molecular weight is 378 g/mol. The van der Waals surface area contributed by atoms with E-state index in [2.05, 4.69) is 5.32 Å². The van der Waals surface area contributed by atoms with E-state index in [4.69, 9.17) is 4.74 Å². The first kappa shape index (κ1) is 18.5. The Kier molecular flexibility index (Phi) is 5.60. The number of carbonyl (C=O) groups is 2. The van der Waals surface area contributed by atoms with Crippen LogP contribution >= 0.6 is 0 Å². The molecule has 28 heavy (non-hydrogen) atoms. The Balaban J connectivity index is 1.20. The van der Waals surface area contributed by atoms with Gasteiger partial charge < -0.3 is 15.0 Å². The summed E-state index contributed by atoms with van der Waals surface area (Å²) in [5.41, 5.74) is 1.95. The third-order valence-electron chi connectivity index (χ3n) is 5.69. The lowest BCUT2D eigenvalue weighted by Gasteiger charge is -2.33. The summed E-state index contributed by atoms with van der Waals surface area (Å²) in [5, 5.41) is 2.93. The highest BCUT2D eigenvalue weighted by atomic mass is 16.5. The van der Waals surface area contributed by atoms with Crippen molar-refractivity contribution in [2.24, 2.45) is 5.92 Å². The van der Waals surface area contributed by atoms with Crippen molar-refractivity contribution in [3.05, 3.63) is 60.2 Å². The molecule has 4 rings (SSSR count). The maximum Gasteiger partial charge on any atom is 0.263 e. The standard InChI is InChI=1S/C23H26N2O3/c26-22(24-19-7-2-1-3-8-19)11-10-17-12-14-25(15-13-17)23(27)21-16-18-6-4-5-9-20(18)28-21/h1-9,17,21H,10-16H2,(H,24,26). The van der Waals surface area contributed by atoms with Crippen molar-refractivity contribution >= 4 is 17.5 Å². The molecule has 0 aliphatic carbocycles. The van der Waals surface area contributed by atoms with E-state index in [-0.39, 0.29) is 17.9 Å². The molecule has 146 valence electrons. The van der Waals surface area contributed by atoms with Gasteiger partial charge in [0.1, 0.15) is 5.75 Å². The Labute approximate surface area is 165 Å². The fourth-order valence-electron chi connectivity index (χ4n) is 4.05. The summed E-state index contributed by atoms with van der Waals surface area (Å²) in [6.45, 7) is 1.50. The van der Waals surface area contributed by atoms with Crippen LogP contribution in [0, 0.1) is 5.92 Å². The molecule has 0 radical (unpaired) electrons. The van der Waals surface area contributed by atoms with E-state index in [9.17, 15) is 9.59 Å². The number of piperidine rings is 1. The number of hydrogen-bond acceptors (Lipinski definition) is 3. The van der Waals surface area contributed by atoms with E-state index in [0.29, 0.717) is 18.8 Å². The van der Waals surface area contributed by atoms with Gasteiger partial charge in [-0.2, -0.15) is 0 Å². The van der Waals surface area contributed by atoms with Gasteiger partial charge in [0.05, 0.1) is 0 Å². The van der Waals surface area contributed by atoms with Gasteiger partial charge in [-0.3, -0.25) is 9.59 Å². The predicted molar refractivity (Wildman–Crippen MR) is 108 cm³/mol. The van der Waals surface area contributed by atoms with Crippen LogP contribution in [-0.4, -0.2) is 35.9 Å². The molecule has 0 bridgehead atoms. The number of nitrogens with one attached hydrogen (secondary N) is 1. The SMILES string of the molecule is O=C(CCC1CCN(C(=O)C2Cc3ccccc3O2)CC1)Nc1ccccc1. The second kappa shape index (κ2) is 8.46. The normalized spacial score (nSPS) is 19.0. The zero-order chi connectivity index (χ0) is 19.3. The Bertz CT molecular complexity index is 804. The van der Waals surface area contributed by atoms with Crippen molar-refractivity contribution in [3.8, 4) is 5.75 Å².